The van der Waals surface area contributed by atoms with Gasteiger partial charge in [-0.3, -0.25) is 0 Å². The smallest absolute Gasteiger partial charge is 0.141 e. The normalized spacial score (nSPS) is 12.5. The van der Waals surface area contributed by atoms with Crippen LogP contribution in [0.5, 0.6) is 5.75 Å². The fraction of sp³-hybridized carbons (Fsp3) is 0.308. The van der Waals surface area contributed by atoms with Crippen molar-refractivity contribution >= 4 is 17.4 Å². The summed E-state index contributed by atoms with van der Waals surface area (Å²) >= 11 is 6.01. The SMILES string of the molecule is COc1cccc(F)c1C(C)n1nc(C)c(Cl)c1N. The molecule has 0 amide bonds. The van der Waals surface area contributed by atoms with Crippen LogP contribution in [0.3, 0.4) is 0 Å². The van der Waals surface area contributed by atoms with Crippen LogP contribution >= 0.6 is 11.6 Å². The van der Waals surface area contributed by atoms with Crippen LogP contribution in [0, 0.1) is 12.7 Å². The Balaban J connectivity index is 2.55. The zero-order chi connectivity index (χ0) is 14.2. The number of methoxy groups -OCH3 is 1. The van der Waals surface area contributed by atoms with Crippen LogP contribution in [0.25, 0.3) is 0 Å². The van der Waals surface area contributed by atoms with E-state index in [1.807, 2.05) is 0 Å². The number of ether oxygens (including phenoxy) is 1. The van der Waals surface area contributed by atoms with E-state index in [1.54, 1.807) is 26.0 Å². The molecular formula is C13H15ClFN3O. The van der Waals surface area contributed by atoms with Crippen LogP contribution in [0.15, 0.2) is 18.2 Å². The van der Waals surface area contributed by atoms with Crippen molar-refractivity contribution in [1.82, 2.24) is 9.78 Å². The number of aryl methyl sites for hydroxylation is 1. The Morgan fingerprint density at radius 1 is 1.47 bits per heavy atom. The highest BCUT2D eigenvalue weighted by molar-refractivity contribution is 6.33. The molecule has 1 heterocycles. The number of anilines is 1. The lowest BCUT2D eigenvalue weighted by atomic mass is 10.1. The first-order valence-corrected chi connectivity index (χ1v) is 6.17. The van der Waals surface area contributed by atoms with E-state index >= 15 is 0 Å². The number of hydrogen-bond donors (Lipinski definition) is 1. The second-order valence-electron chi connectivity index (χ2n) is 4.26. The van der Waals surface area contributed by atoms with Gasteiger partial charge in [0.2, 0.25) is 0 Å². The standard InChI is InChI=1S/C13H15ClFN3O/c1-7-12(14)13(16)18(17-7)8(2)11-9(15)5-4-6-10(11)19-3/h4-6,8H,16H2,1-3H3. The van der Waals surface area contributed by atoms with Gasteiger partial charge in [-0.2, -0.15) is 5.10 Å². The summed E-state index contributed by atoms with van der Waals surface area (Å²) in [4.78, 5) is 0. The number of rotatable bonds is 3. The minimum atomic E-state index is -0.414. The van der Waals surface area contributed by atoms with Gasteiger partial charge in [-0.15, -0.1) is 0 Å². The van der Waals surface area contributed by atoms with E-state index in [4.69, 9.17) is 22.1 Å². The quantitative estimate of drug-likeness (QED) is 0.941. The van der Waals surface area contributed by atoms with Gasteiger partial charge in [-0.25, -0.2) is 9.07 Å². The molecular weight excluding hydrogens is 269 g/mol. The molecule has 102 valence electrons. The summed E-state index contributed by atoms with van der Waals surface area (Å²) in [5.74, 6) is 0.406. The van der Waals surface area contributed by atoms with Crippen molar-refractivity contribution in [3.05, 3.63) is 40.3 Å². The monoisotopic (exact) mass is 283 g/mol. The van der Waals surface area contributed by atoms with E-state index in [2.05, 4.69) is 5.10 Å². The fourth-order valence-corrected chi connectivity index (χ4v) is 2.19. The van der Waals surface area contributed by atoms with Gasteiger partial charge in [-0.1, -0.05) is 17.7 Å². The van der Waals surface area contributed by atoms with Gasteiger partial charge < -0.3 is 10.5 Å². The van der Waals surface area contributed by atoms with Crippen LogP contribution in [-0.2, 0) is 0 Å². The summed E-state index contributed by atoms with van der Waals surface area (Å²) in [5.41, 5.74) is 6.90. The third-order valence-electron chi connectivity index (χ3n) is 3.06. The van der Waals surface area contributed by atoms with Crippen molar-refractivity contribution in [2.24, 2.45) is 0 Å². The third-order valence-corrected chi connectivity index (χ3v) is 3.53. The number of hydrogen-bond acceptors (Lipinski definition) is 3. The zero-order valence-electron chi connectivity index (χ0n) is 10.9. The minimum absolute atomic E-state index is 0.317. The molecule has 4 nitrogen and oxygen atoms in total. The molecule has 19 heavy (non-hydrogen) atoms. The van der Waals surface area contributed by atoms with E-state index in [0.717, 1.165) is 0 Å². The molecule has 0 aliphatic carbocycles. The molecule has 0 saturated heterocycles. The fourth-order valence-electron chi connectivity index (χ4n) is 2.06. The molecule has 1 aromatic heterocycles. The van der Waals surface area contributed by atoms with Crippen molar-refractivity contribution in [2.45, 2.75) is 19.9 Å². The molecule has 0 aliphatic heterocycles. The van der Waals surface area contributed by atoms with Gasteiger partial charge in [0.25, 0.3) is 0 Å². The highest BCUT2D eigenvalue weighted by Gasteiger charge is 2.22. The van der Waals surface area contributed by atoms with E-state index in [0.29, 0.717) is 27.8 Å². The average molecular weight is 284 g/mol. The van der Waals surface area contributed by atoms with Crippen molar-refractivity contribution in [2.75, 3.05) is 12.8 Å². The van der Waals surface area contributed by atoms with Crippen LogP contribution in [0.2, 0.25) is 5.02 Å². The van der Waals surface area contributed by atoms with E-state index in [9.17, 15) is 4.39 Å². The molecule has 2 N–H and O–H groups in total. The lowest BCUT2D eigenvalue weighted by Gasteiger charge is -2.18. The Bertz CT molecular complexity index is 612. The Hall–Kier alpha value is -1.75. The molecule has 1 atom stereocenters. The highest BCUT2D eigenvalue weighted by atomic mass is 35.5. The Labute approximate surface area is 115 Å². The van der Waals surface area contributed by atoms with Gasteiger partial charge in [0.05, 0.1) is 24.4 Å². The summed E-state index contributed by atoms with van der Waals surface area (Å²) in [6.07, 6.45) is 0. The second-order valence-corrected chi connectivity index (χ2v) is 4.64. The Morgan fingerprint density at radius 3 is 2.68 bits per heavy atom. The molecule has 0 saturated carbocycles. The van der Waals surface area contributed by atoms with Crippen molar-refractivity contribution < 1.29 is 9.13 Å². The van der Waals surface area contributed by atoms with E-state index in [1.165, 1.54) is 17.9 Å². The van der Waals surface area contributed by atoms with Crippen molar-refractivity contribution in [3.8, 4) is 5.75 Å². The van der Waals surface area contributed by atoms with Crippen LogP contribution in [-0.4, -0.2) is 16.9 Å². The minimum Gasteiger partial charge on any atom is -0.496 e. The van der Waals surface area contributed by atoms with Crippen LogP contribution in [0.1, 0.15) is 24.2 Å². The van der Waals surface area contributed by atoms with Crippen molar-refractivity contribution in [3.63, 3.8) is 0 Å². The molecule has 6 heteroatoms. The molecule has 2 rings (SSSR count). The molecule has 1 unspecified atom stereocenters. The van der Waals surface area contributed by atoms with Gasteiger partial charge in [0.1, 0.15) is 22.4 Å². The largest absolute Gasteiger partial charge is 0.496 e. The summed E-state index contributed by atoms with van der Waals surface area (Å²) in [5, 5.41) is 4.63. The van der Waals surface area contributed by atoms with Gasteiger partial charge in [0.15, 0.2) is 0 Å². The maximum Gasteiger partial charge on any atom is 0.141 e. The molecule has 0 aliphatic rings. The molecule has 0 radical (unpaired) electrons. The van der Waals surface area contributed by atoms with Crippen molar-refractivity contribution in [1.29, 1.82) is 0 Å². The summed E-state index contributed by atoms with van der Waals surface area (Å²) in [6.45, 7) is 3.54. The summed E-state index contributed by atoms with van der Waals surface area (Å²) < 4.78 is 20.7. The van der Waals surface area contributed by atoms with E-state index < -0.39 is 6.04 Å². The lowest BCUT2D eigenvalue weighted by molar-refractivity contribution is 0.393. The third kappa shape index (κ3) is 2.26. The average Bonchev–Trinajstić information content (AvgIpc) is 2.65. The first kappa shape index (κ1) is 13.7. The highest BCUT2D eigenvalue weighted by Crippen LogP contribution is 2.33. The molecule has 0 bridgehead atoms. The zero-order valence-corrected chi connectivity index (χ0v) is 11.7. The van der Waals surface area contributed by atoms with Gasteiger partial charge in [-0.05, 0) is 26.0 Å². The first-order chi connectivity index (χ1) is 8.97. The Kier molecular flexibility index (Phi) is 3.66. The predicted molar refractivity (Wildman–Crippen MR) is 73.2 cm³/mol. The number of nitrogens with two attached hydrogens (primary N) is 1. The topological polar surface area (TPSA) is 53.1 Å². The molecule has 1 aromatic carbocycles. The van der Waals surface area contributed by atoms with E-state index in [-0.39, 0.29) is 5.82 Å². The maximum atomic E-state index is 14.0. The van der Waals surface area contributed by atoms with Gasteiger partial charge in [0, 0.05) is 0 Å². The number of halogens is 2. The summed E-state index contributed by atoms with van der Waals surface area (Å²) in [7, 11) is 1.50. The number of aromatic nitrogens is 2. The molecule has 0 spiro atoms. The second kappa shape index (κ2) is 5.09. The number of nitrogen functional groups attached to an aromatic ring is 1. The van der Waals surface area contributed by atoms with Gasteiger partial charge >= 0.3 is 0 Å². The number of benzene rings is 1. The Morgan fingerprint density at radius 2 is 2.16 bits per heavy atom. The summed E-state index contributed by atoms with van der Waals surface area (Å²) in [6, 6.07) is 4.25. The van der Waals surface area contributed by atoms with Crippen LogP contribution in [0.4, 0.5) is 10.2 Å². The lowest BCUT2D eigenvalue weighted by Crippen LogP contribution is -2.14. The number of nitrogens with zero attached hydrogens (tertiary/aromatic N) is 2. The first-order valence-electron chi connectivity index (χ1n) is 5.79. The molecule has 2 aromatic rings. The molecule has 0 fully saturated rings. The maximum absolute atomic E-state index is 14.0. The van der Waals surface area contributed by atoms with Crippen LogP contribution < -0.4 is 10.5 Å². The predicted octanol–water partition coefficient (Wildman–Crippen LogP) is 3.18.